The smallest absolute Gasteiger partial charge is 0.550 e. The fourth-order valence-corrected chi connectivity index (χ4v) is 5.59. The molecule has 1 N–H and O–H groups in total. The van der Waals surface area contributed by atoms with Crippen LogP contribution in [0.3, 0.4) is 0 Å². The minimum Gasteiger partial charge on any atom is -0.550 e. The maximum Gasteiger partial charge on any atom is 1.00 e. The van der Waals surface area contributed by atoms with Gasteiger partial charge in [0.15, 0.2) is 5.82 Å². The molecule has 0 amide bonds. The topological polar surface area (TPSA) is 81.2 Å². The van der Waals surface area contributed by atoms with Gasteiger partial charge in [-0.1, -0.05) is 17.8 Å². The summed E-state index contributed by atoms with van der Waals surface area (Å²) in [4.78, 5) is 23.6. The number of carbonyl (C=O) groups is 1. The predicted molar refractivity (Wildman–Crippen MR) is 100 cm³/mol. The second-order valence-electron chi connectivity index (χ2n) is 7.81. The van der Waals surface area contributed by atoms with Gasteiger partial charge in [0.2, 0.25) is 0 Å². The number of aromatic nitrogens is 2. The van der Waals surface area contributed by atoms with Crippen molar-refractivity contribution in [1.82, 2.24) is 14.9 Å². The number of nitrogens with zero attached hydrogens (tertiary/aromatic N) is 3. The summed E-state index contributed by atoms with van der Waals surface area (Å²) in [7, 11) is 0. The molecule has 0 bridgehead atoms. The van der Waals surface area contributed by atoms with Gasteiger partial charge in [0.05, 0.1) is 5.69 Å². The Morgan fingerprint density at radius 3 is 2.89 bits per heavy atom. The standard InChI is InChI=1S/C20H22N4O2S.Na/c25-20(26)13-2-3-14-10-24(11-15(14)8-13)9-12-1-4-17-16(7-12)23-18-19(27-17)22-6-5-21-18;/h1,4-7,13-15H,2-3,8-11H2,(H,21,23)(H,25,26);/q;+1/p-1. The van der Waals surface area contributed by atoms with Crippen molar-refractivity contribution in [3.63, 3.8) is 0 Å². The first-order chi connectivity index (χ1) is 13.2. The maximum absolute atomic E-state index is 11.2. The summed E-state index contributed by atoms with van der Waals surface area (Å²) in [6.45, 7) is 2.95. The van der Waals surface area contributed by atoms with Crippen LogP contribution in [0.5, 0.6) is 0 Å². The van der Waals surface area contributed by atoms with Gasteiger partial charge in [0.25, 0.3) is 0 Å². The molecule has 8 heteroatoms. The molecule has 2 aromatic rings. The average Bonchev–Trinajstić information content (AvgIpc) is 3.07. The van der Waals surface area contributed by atoms with Gasteiger partial charge in [-0.3, -0.25) is 4.90 Å². The summed E-state index contributed by atoms with van der Waals surface area (Å²) in [5.41, 5.74) is 2.35. The summed E-state index contributed by atoms with van der Waals surface area (Å²) in [5.74, 6) is 0.822. The van der Waals surface area contributed by atoms with Crippen LogP contribution in [-0.4, -0.2) is 33.9 Å². The zero-order valence-corrected chi connectivity index (χ0v) is 18.7. The Balaban J connectivity index is 0.00000192. The number of fused-ring (bicyclic) bond motifs is 3. The Morgan fingerprint density at radius 1 is 1.21 bits per heavy atom. The van der Waals surface area contributed by atoms with E-state index in [1.54, 1.807) is 24.2 Å². The number of benzene rings is 1. The van der Waals surface area contributed by atoms with Crippen LogP contribution in [0.15, 0.2) is 40.5 Å². The van der Waals surface area contributed by atoms with Crippen LogP contribution < -0.4 is 40.0 Å². The van der Waals surface area contributed by atoms with Gasteiger partial charge in [-0.25, -0.2) is 9.97 Å². The molecule has 3 heterocycles. The number of hydrogen-bond acceptors (Lipinski definition) is 7. The number of anilines is 2. The van der Waals surface area contributed by atoms with Gasteiger partial charge in [-0.15, -0.1) is 0 Å². The molecule has 6 nitrogen and oxygen atoms in total. The fraction of sp³-hybridized carbons (Fsp3) is 0.450. The monoisotopic (exact) mass is 404 g/mol. The Hall–Kier alpha value is -1.12. The Labute approximate surface area is 190 Å². The molecule has 1 aliphatic carbocycles. The number of nitrogens with one attached hydrogen (secondary N) is 1. The second kappa shape index (κ2) is 8.32. The molecule has 0 spiro atoms. The largest absolute Gasteiger partial charge is 1.00 e. The zero-order chi connectivity index (χ0) is 18.4. The minimum absolute atomic E-state index is 0. The summed E-state index contributed by atoms with van der Waals surface area (Å²) in [6.07, 6.45) is 5.98. The SMILES string of the molecule is O=C([O-])C1CCC2CN(Cc3ccc4c(c3)Nc3nccnc3S4)CC2C1.[Na+]. The van der Waals surface area contributed by atoms with Crippen molar-refractivity contribution in [2.45, 2.75) is 35.7 Å². The van der Waals surface area contributed by atoms with Gasteiger partial charge < -0.3 is 15.2 Å². The molecule has 1 aromatic heterocycles. The number of carboxylic acids is 1. The van der Waals surface area contributed by atoms with Crippen molar-refractivity contribution in [3.05, 3.63) is 36.2 Å². The molecule has 2 aliphatic heterocycles. The average molecular weight is 404 g/mol. The van der Waals surface area contributed by atoms with Crippen molar-refractivity contribution in [2.24, 2.45) is 17.8 Å². The molecule has 5 rings (SSSR count). The number of carboxylic acid groups (broad SMARTS) is 1. The number of hydrogen-bond donors (Lipinski definition) is 1. The van der Waals surface area contributed by atoms with E-state index in [1.165, 1.54) is 10.5 Å². The van der Waals surface area contributed by atoms with Gasteiger partial charge in [-0.05, 0) is 54.7 Å². The first-order valence-electron chi connectivity index (χ1n) is 9.48. The Bertz CT molecular complexity index is 896. The van der Waals surface area contributed by atoms with Gasteiger partial charge in [0.1, 0.15) is 5.03 Å². The number of likely N-dealkylation sites (tertiary alicyclic amines) is 1. The van der Waals surface area contributed by atoms with Crippen LogP contribution in [-0.2, 0) is 11.3 Å². The zero-order valence-electron chi connectivity index (χ0n) is 15.9. The van der Waals surface area contributed by atoms with E-state index in [4.69, 9.17) is 0 Å². The van der Waals surface area contributed by atoms with Crippen molar-refractivity contribution >= 4 is 29.2 Å². The quantitative estimate of drug-likeness (QED) is 0.578. The first-order valence-corrected chi connectivity index (χ1v) is 10.3. The van der Waals surface area contributed by atoms with Crippen molar-refractivity contribution in [1.29, 1.82) is 0 Å². The third-order valence-electron chi connectivity index (χ3n) is 6.03. The molecule has 140 valence electrons. The van der Waals surface area contributed by atoms with E-state index in [0.717, 1.165) is 55.4 Å². The third kappa shape index (κ3) is 3.96. The molecular formula is C20H21N4NaO2S. The molecule has 1 aromatic carbocycles. The van der Waals surface area contributed by atoms with Gasteiger partial charge in [0, 0.05) is 42.9 Å². The van der Waals surface area contributed by atoms with E-state index in [0.29, 0.717) is 11.8 Å². The molecule has 28 heavy (non-hydrogen) atoms. The summed E-state index contributed by atoms with van der Waals surface area (Å²) in [6, 6.07) is 6.53. The van der Waals surface area contributed by atoms with Crippen LogP contribution in [0, 0.1) is 17.8 Å². The van der Waals surface area contributed by atoms with Crippen molar-refractivity contribution < 1.29 is 39.5 Å². The van der Waals surface area contributed by atoms with Crippen LogP contribution in [0.1, 0.15) is 24.8 Å². The Morgan fingerprint density at radius 2 is 2.04 bits per heavy atom. The first kappa shape index (κ1) is 20.2. The Kier molecular flexibility index (Phi) is 5.99. The van der Waals surface area contributed by atoms with Crippen molar-refractivity contribution in [2.75, 3.05) is 18.4 Å². The maximum atomic E-state index is 11.2. The summed E-state index contributed by atoms with van der Waals surface area (Å²) >= 11 is 1.64. The van der Waals surface area contributed by atoms with E-state index < -0.39 is 5.97 Å². The molecule has 1 saturated heterocycles. The number of carbonyl (C=O) groups excluding carboxylic acids is 1. The van der Waals surface area contributed by atoms with E-state index in [-0.39, 0.29) is 35.5 Å². The van der Waals surface area contributed by atoms with Crippen LogP contribution in [0.4, 0.5) is 11.5 Å². The third-order valence-corrected chi connectivity index (χ3v) is 7.10. The normalized spacial score (nSPS) is 25.6. The number of aliphatic carboxylic acids is 1. The van der Waals surface area contributed by atoms with Crippen molar-refractivity contribution in [3.8, 4) is 0 Å². The molecule has 3 unspecified atom stereocenters. The molecule has 2 fully saturated rings. The van der Waals surface area contributed by atoms with E-state index >= 15 is 0 Å². The van der Waals surface area contributed by atoms with Crippen LogP contribution in [0.2, 0.25) is 0 Å². The molecule has 3 atom stereocenters. The summed E-state index contributed by atoms with van der Waals surface area (Å²) < 4.78 is 0. The molecule has 3 aliphatic rings. The molecule has 0 radical (unpaired) electrons. The van der Waals surface area contributed by atoms with E-state index in [2.05, 4.69) is 38.4 Å². The fourth-order valence-electron chi connectivity index (χ4n) is 4.71. The number of rotatable bonds is 3. The van der Waals surface area contributed by atoms with Crippen LogP contribution in [0.25, 0.3) is 0 Å². The van der Waals surface area contributed by atoms with Gasteiger partial charge in [-0.2, -0.15) is 0 Å². The molecular weight excluding hydrogens is 383 g/mol. The molecule has 1 saturated carbocycles. The van der Waals surface area contributed by atoms with E-state index in [1.807, 2.05) is 0 Å². The second-order valence-corrected chi connectivity index (χ2v) is 8.84. The van der Waals surface area contributed by atoms with E-state index in [9.17, 15) is 9.90 Å². The minimum atomic E-state index is -0.867. The predicted octanol–water partition coefficient (Wildman–Crippen LogP) is -0.713. The van der Waals surface area contributed by atoms with Crippen LogP contribution >= 0.6 is 11.8 Å². The van der Waals surface area contributed by atoms with Gasteiger partial charge >= 0.3 is 29.6 Å². The summed E-state index contributed by atoms with van der Waals surface area (Å²) in [5, 5.41) is 15.5.